The highest BCUT2D eigenvalue weighted by Crippen LogP contribution is 2.25. The second-order valence-electron chi connectivity index (χ2n) is 6.11. The number of aromatic nitrogens is 1. The first-order valence-electron chi connectivity index (χ1n) is 8.28. The van der Waals surface area contributed by atoms with Crippen LogP contribution in [0.1, 0.15) is 28.8 Å². The second-order valence-corrected chi connectivity index (χ2v) is 7.02. The molecule has 26 heavy (non-hydrogen) atoms. The Morgan fingerprint density at radius 1 is 1.12 bits per heavy atom. The SMILES string of the molecule is CC(CNC(=O)c1cncc(Br)c1)c1ccc(-c2ccccc2)cc1F. The first-order chi connectivity index (χ1) is 12.5. The number of nitrogens with one attached hydrogen (secondary N) is 1. The largest absolute Gasteiger partial charge is 0.351 e. The van der Waals surface area contributed by atoms with Crippen LogP contribution in [0.15, 0.2) is 71.5 Å². The number of carbonyl (C=O) groups excluding carboxylic acids is 1. The lowest BCUT2D eigenvalue weighted by atomic mass is 9.96. The molecule has 1 amide bonds. The minimum absolute atomic E-state index is 0.149. The smallest absolute Gasteiger partial charge is 0.252 e. The van der Waals surface area contributed by atoms with Gasteiger partial charge in [-0.3, -0.25) is 9.78 Å². The summed E-state index contributed by atoms with van der Waals surface area (Å²) in [5.74, 6) is -0.645. The van der Waals surface area contributed by atoms with Crippen molar-refractivity contribution in [3.05, 3.63) is 88.4 Å². The molecule has 1 aromatic heterocycles. The van der Waals surface area contributed by atoms with Gasteiger partial charge in [-0.2, -0.15) is 0 Å². The van der Waals surface area contributed by atoms with Gasteiger partial charge < -0.3 is 5.32 Å². The quantitative estimate of drug-likeness (QED) is 0.626. The van der Waals surface area contributed by atoms with Crippen LogP contribution in [0.2, 0.25) is 0 Å². The summed E-state index contributed by atoms with van der Waals surface area (Å²) >= 11 is 3.29. The third kappa shape index (κ3) is 4.35. The van der Waals surface area contributed by atoms with Crippen LogP contribution in [0.25, 0.3) is 11.1 Å². The molecule has 0 saturated heterocycles. The molecule has 3 nitrogen and oxygen atoms in total. The number of nitrogens with zero attached hydrogens (tertiary/aromatic N) is 1. The van der Waals surface area contributed by atoms with Crippen LogP contribution < -0.4 is 5.32 Å². The highest BCUT2D eigenvalue weighted by Gasteiger charge is 2.14. The maximum absolute atomic E-state index is 14.6. The Hall–Kier alpha value is -2.53. The number of halogens is 2. The summed E-state index contributed by atoms with van der Waals surface area (Å²) in [6.45, 7) is 2.23. The van der Waals surface area contributed by atoms with Crippen molar-refractivity contribution >= 4 is 21.8 Å². The summed E-state index contributed by atoms with van der Waals surface area (Å²) in [4.78, 5) is 16.2. The van der Waals surface area contributed by atoms with Crippen molar-refractivity contribution < 1.29 is 9.18 Å². The van der Waals surface area contributed by atoms with Crippen LogP contribution in [0.3, 0.4) is 0 Å². The summed E-state index contributed by atoms with van der Waals surface area (Å²) in [6, 6.07) is 16.6. The van der Waals surface area contributed by atoms with Gasteiger partial charge in [0.2, 0.25) is 0 Å². The van der Waals surface area contributed by atoms with Gasteiger partial charge in [0.1, 0.15) is 5.82 Å². The van der Waals surface area contributed by atoms with Crippen LogP contribution in [0.5, 0.6) is 0 Å². The van der Waals surface area contributed by atoms with Crippen molar-refractivity contribution in [3.63, 3.8) is 0 Å². The van der Waals surface area contributed by atoms with Gasteiger partial charge in [0.25, 0.3) is 5.91 Å². The monoisotopic (exact) mass is 412 g/mol. The highest BCUT2D eigenvalue weighted by molar-refractivity contribution is 9.10. The van der Waals surface area contributed by atoms with Crippen LogP contribution in [0, 0.1) is 5.82 Å². The number of rotatable bonds is 5. The molecule has 0 fully saturated rings. The average Bonchev–Trinajstić information content (AvgIpc) is 2.66. The Kier molecular flexibility index (Phi) is 5.78. The molecule has 5 heteroatoms. The Labute approximate surface area is 160 Å². The van der Waals surface area contributed by atoms with Crippen LogP contribution in [-0.2, 0) is 0 Å². The molecule has 0 spiro atoms. The van der Waals surface area contributed by atoms with E-state index < -0.39 is 0 Å². The second kappa shape index (κ2) is 8.23. The van der Waals surface area contributed by atoms with E-state index in [0.29, 0.717) is 17.7 Å². The molecule has 3 rings (SSSR count). The molecule has 0 aliphatic carbocycles. The minimum Gasteiger partial charge on any atom is -0.351 e. The zero-order chi connectivity index (χ0) is 18.5. The fraction of sp³-hybridized carbons (Fsp3) is 0.143. The van der Waals surface area contributed by atoms with E-state index in [1.165, 1.54) is 6.20 Å². The molecule has 1 heterocycles. The van der Waals surface area contributed by atoms with Gasteiger partial charge in [-0.1, -0.05) is 49.4 Å². The van der Waals surface area contributed by atoms with E-state index in [0.717, 1.165) is 15.6 Å². The molecular weight excluding hydrogens is 395 g/mol. The fourth-order valence-corrected chi connectivity index (χ4v) is 3.10. The number of hydrogen-bond donors (Lipinski definition) is 1. The number of pyridine rings is 1. The van der Waals surface area contributed by atoms with E-state index in [2.05, 4.69) is 26.2 Å². The standard InChI is InChI=1S/C21H18BrFN2O/c1-14(11-25-21(26)17-9-18(22)13-24-12-17)19-8-7-16(10-20(19)23)15-5-3-2-4-6-15/h2-10,12-14H,11H2,1H3,(H,25,26). The molecule has 3 aromatic rings. The number of amides is 1. The molecule has 0 saturated carbocycles. The molecular formula is C21H18BrFN2O. The van der Waals surface area contributed by atoms with E-state index in [-0.39, 0.29) is 17.6 Å². The Morgan fingerprint density at radius 3 is 2.58 bits per heavy atom. The van der Waals surface area contributed by atoms with Crippen molar-refractivity contribution in [2.45, 2.75) is 12.8 Å². The number of carbonyl (C=O) groups is 1. The predicted molar refractivity (Wildman–Crippen MR) is 105 cm³/mol. The lowest BCUT2D eigenvalue weighted by molar-refractivity contribution is 0.0951. The predicted octanol–water partition coefficient (Wildman–Crippen LogP) is 5.18. The third-order valence-corrected chi connectivity index (χ3v) is 4.61. The van der Waals surface area contributed by atoms with Crippen molar-refractivity contribution in [3.8, 4) is 11.1 Å². The summed E-state index contributed by atoms with van der Waals surface area (Å²) < 4.78 is 15.3. The topological polar surface area (TPSA) is 42.0 Å². The van der Waals surface area contributed by atoms with E-state index in [1.807, 2.05) is 43.3 Å². The van der Waals surface area contributed by atoms with Crippen LogP contribution in [-0.4, -0.2) is 17.4 Å². The summed E-state index contributed by atoms with van der Waals surface area (Å²) in [5.41, 5.74) is 2.85. The Morgan fingerprint density at radius 2 is 1.88 bits per heavy atom. The third-order valence-electron chi connectivity index (χ3n) is 4.17. The molecule has 1 N–H and O–H groups in total. The number of hydrogen-bond acceptors (Lipinski definition) is 2. The molecule has 132 valence electrons. The molecule has 0 aliphatic rings. The van der Waals surface area contributed by atoms with Gasteiger partial charge in [0.15, 0.2) is 0 Å². The van der Waals surface area contributed by atoms with Gasteiger partial charge in [-0.25, -0.2) is 4.39 Å². The Bertz CT molecular complexity index is 915. The van der Waals surface area contributed by atoms with Gasteiger partial charge in [-0.05, 0) is 44.8 Å². The van der Waals surface area contributed by atoms with E-state index in [4.69, 9.17) is 0 Å². The molecule has 1 unspecified atom stereocenters. The molecule has 2 aromatic carbocycles. The van der Waals surface area contributed by atoms with Crippen molar-refractivity contribution in [2.24, 2.45) is 0 Å². The average molecular weight is 413 g/mol. The van der Waals surface area contributed by atoms with Crippen molar-refractivity contribution in [1.82, 2.24) is 10.3 Å². The molecule has 1 atom stereocenters. The summed E-state index contributed by atoms with van der Waals surface area (Å²) in [6.07, 6.45) is 3.11. The fourth-order valence-electron chi connectivity index (χ4n) is 2.73. The minimum atomic E-state index is -0.266. The van der Waals surface area contributed by atoms with Crippen molar-refractivity contribution in [1.29, 1.82) is 0 Å². The lowest BCUT2D eigenvalue weighted by Gasteiger charge is -2.15. The normalized spacial score (nSPS) is 11.8. The number of benzene rings is 2. The van der Waals surface area contributed by atoms with E-state index >= 15 is 0 Å². The summed E-state index contributed by atoms with van der Waals surface area (Å²) in [5, 5.41) is 2.83. The zero-order valence-electron chi connectivity index (χ0n) is 14.2. The molecule has 0 radical (unpaired) electrons. The van der Waals surface area contributed by atoms with Gasteiger partial charge >= 0.3 is 0 Å². The maximum Gasteiger partial charge on any atom is 0.252 e. The van der Waals surface area contributed by atoms with E-state index in [1.54, 1.807) is 24.4 Å². The summed E-state index contributed by atoms with van der Waals surface area (Å²) in [7, 11) is 0. The van der Waals surface area contributed by atoms with Crippen molar-refractivity contribution in [2.75, 3.05) is 6.54 Å². The van der Waals surface area contributed by atoms with Gasteiger partial charge in [0, 0.05) is 29.3 Å². The first-order valence-corrected chi connectivity index (χ1v) is 9.07. The van der Waals surface area contributed by atoms with Gasteiger partial charge in [-0.15, -0.1) is 0 Å². The first kappa shape index (κ1) is 18.3. The molecule has 0 bridgehead atoms. The highest BCUT2D eigenvalue weighted by atomic mass is 79.9. The zero-order valence-corrected chi connectivity index (χ0v) is 15.8. The van der Waals surface area contributed by atoms with Gasteiger partial charge in [0.05, 0.1) is 5.56 Å². The molecule has 0 aliphatic heterocycles. The van der Waals surface area contributed by atoms with Crippen LogP contribution in [0.4, 0.5) is 4.39 Å². The van der Waals surface area contributed by atoms with E-state index in [9.17, 15) is 9.18 Å². The van der Waals surface area contributed by atoms with Crippen LogP contribution >= 0.6 is 15.9 Å². The lowest BCUT2D eigenvalue weighted by Crippen LogP contribution is -2.27. The maximum atomic E-state index is 14.6. The Balaban J connectivity index is 1.68.